The van der Waals surface area contributed by atoms with Gasteiger partial charge in [0.05, 0.1) is 0 Å². The van der Waals surface area contributed by atoms with E-state index in [-0.39, 0.29) is 5.91 Å². The third-order valence-electron chi connectivity index (χ3n) is 3.69. The SMILES string of the molecule is CC1(C)CC1CNC(=O)CC1CSCCN1. The largest absolute Gasteiger partial charge is 0.356 e. The molecule has 0 aromatic rings. The normalized spacial score (nSPS) is 32.1. The van der Waals surface area contributed by atoms with E-state index in [1.54, 1.807) is 0 Å². The lowest BCUT2D eigenvalue weighted by atomic mass is 10.1. The Bertz CT molecular complexity index is 262. The van der Waals surface area contributed by atoms with Crippen molar-refractivity contribution in [1.29, 1.82) is 0 Å². The van der Waals surface area contributed by atoms with Crippen molar-refractivity contribution in [2.75, 3.05) is 24.6 Å². The fourth-order valence-corrected chi connectivity index (χ4v) is 3.16. The van der Waals surface area contributed by atoms with Crippen LogP contribution in [0.4, 0.5) is 0 Å². The van der Waals surface area contributed by atoms with Crippen molar-refractivity contribution >= 4 is 17.7 Å². The number of thioether (sulfide) groups is 1. The Morgan fingerprint density at radius 2 is 2.31 bits per heavy atom. The van der Waals surface area contributed by atoms with Crippen LogP contribution in [0.3, 0.4) is 0 Å². The number of carbonyl (C=O) groups excluding carboxylic acids is 1. The predicted molar refractivity (Wildman–Crippen MR) is 68.6 cm³/mol. The maximum Gasteiger partial charge on any atom is 0.221 e. The van der Waals surface area contributed by atoms with Gasteiger partial charge in [0.15, 0.2) is 0 Å². The maximum atomic E-state index is 11.7. The van der Waals surface area contributed by atoms with Crippen LogP contribution in [0.15, 0.2) is 0 Å². The zero-order valence-corrected chi connectivity index (χ0v) is 11.0. The molecule has 16 heavy (non-hydrogen) atoms. The summed E-state index contributed by atoms with van der Waals surface area (Å²) in [7, 11) is 0. The molecule has 92 valence electrons. The summed E-state index contributed by atoms with van der Waals surface area (Å²) in [4.78, 5) is 11.7. The molecular formula is C12H22N2OS. The maximum absolute atomic E-state index is 11.7. The van der Waals surface area contributed by atoms with Gasteiger partial charge in [-0.3, -0.25) is 4.79 Å². The Kier molecular flexibility index (Phi) is 3.80. The zero-order valence-electron chi connectivity index (χ0n) is 10.2. The third kappa shape index (κ3) is 3.39. The Hall–Kier alpha value is -0.220. The van der Waals surface area contributed by atoms with Gasteiger partial charge in [-0.25, -0.2) is 0 Å². The van der Waals surface area contributed by atoms with Gasteiger partial charge in [-0.15, -0.1) is 0 Å². The minimum absolute atomic E-state index is 0.211. The quantitative estimate of drug-likeness (QED) is 0.779. The van der Waals surface area contributed by atoms with Gasteiger partial charge < -0.3 is 10.6 Å². The molecule has 0 spiro atoms. The second-order valence-electron chi connectivity index (χ2n) is 5.62. The molecule has 1 aliphatic carbocycles. The summed E-state index contributed by atoms with van der Waals surface area (Å²) >= 11 is 1.94. The topological polar surface area (TPSA) is 41.1 Å². The van der Waals surface area contributed by atoms with Crippen LogP contribution in [0.1, 0.15) is 26.7 Å². The van der Waals surface area contributed by atoms with Crippen LogP contribution in [0.2, 0.25) is 0 Å². The van der Waals surface area contributed by atoms with E-state index in [9.17, 15) is 4.79 Å². The zero-order chi connectivity index (χ0) is 11.6. The fourth-order valence-electron chi connectivity index (χ4n) is 2.21. The van der Waals surface area contributed by atoms with E-state index in [0.717, 1.165) is 18.8 Å². The van der Waals surface area contributed by atoms with Gasteiger partial charge in [-0.1, -0.05) is 13.8 Å². The lowest BCUT2D eigenvalue weighted by Gasteiger charge is -2.22. The van der Waals surface area contributed by atoms with Crippen molar-refractivity contribution in [2.24, 2.45) is 11.3 Å². The molecule has 0 radical (unpaired) electrons. The Morgan fingerprint density at radius 3 is 2.88 bits per heavy atom. The van der Waals surface area contributed by atoms with Crippen molar-refractivity contribution in [2.45, 2.75) is 32.7 Å². The van der Waals surface area contributed by atoms with Gasteiger partial charge in [-0.2, -0.15) is 11.8 Å². The summed E-state index contributed by atoms with van der Waals surface area (Å²) in [5, 5.41) is 6.45. The molecule has 4 heteroatoms. The summed E-state index contributed by atoms with van der Waals surface area (Å²) in [6.45, 7) is 6.44. The Balaban J connectivity index is 1.61. The van der Waals surface area contributed by atoms with Crippen LogP contribution in [0.25, 0.3) is 0 Å². The number of nitrogens with one attached hydrogen (secondary N) is 2. The minimum atomic E-state index is 0.211. The lowest BCUT2D eigenvalue weighted by molar-refractivity contribution is -0.121. The summed E-state index contributed by atoms with van der Waals surface area (Å²) in [6.07, 6.45) is 1.89. The molecule has 2 aliphatic rings. The van der Waals surface area contributed by atoms with Crippen LogP contribution in [-0.4, -0.2) is 36.5 Å². The van der Waals surface area contributed by atoms with Gasteiger partial charge in [0.2, 0.25) is 5.91 Å². The first-order chi connectivity index (χ1) is 7.58. The molecule has 1 aliphatic heterocycles. The molecule has 1 saturated heterocycles. The van der Waals surface area contributed by atoms with E-state index < -0.39 is 0 Å². The van der Waals surface area contributed by atoms with Crippen LogP contribution >= 0.6 is 11.8 Å². The fraction of sp³-hybridized carbons (Fsp3) is 0.917. The number of hydrogen-bond acceptors (Lipinski definition) is 3. The number of hydrogen-bond donors (Lipinski definition) is 2. The summed E-state index contributed by atoms with van der Waals surface area (Å²) in [5.74, 6) is 3.16. The molecule has 2 fully saturated rings. The van der Waals surface area contributed by atoms with Gasteiger partial charge in [0.25, 0.3) is 0 Å². The first-order valence-corrected chi connectivity index (χ1v) is 7.31. The molecule has 0 aromatic carbocycles. The molecule has 2 rings (SSSR count). The second kappa shape index (κ2) is 4.96. The van der Waals surface area contributed by atoms with E-state index >= 15 is 0 Å². The van der Waals surface area contributed by atoms with Crippen LogP contribution < -0.4 is 10.6 Å². The number of amides is 1. The summed E-state index contributed by atoms with van der Waals surface area (Å²) in [6, 6.07) is 0.381. The van der Waals surface area contributed by atoms with Crippen molar-refractivity contribution < 1.29 is 4.79 Å². The highest BCUT2D eigenvalue weighted by atomic mass is 32.2. The minimum Gasteiger partial charge on any atom is -0.356 e. The van der Waals surface area contributed by atoms with Crippen molar-refractivity contribution in [3.63, 3.8) is 0 Å². The highest BCUT2D eigenvalue weighted by Crippen LogP contribution is 2.50. The highest BCUT2D eigenvalue weighted by molar-refractivity contribution is 7.99. The van der Waals surface area contributed by atoms with E-state index in [1.165, 1.54) is 12.2 Å². The molecule has 3 nitrogen and oxygen atoms in total. The average molecular weight is 242 g/mol. The molecule has 0 bridgehead atoms. The standard InChI is InChI=1S/C12H22N2OS/c1-12(2)6-9(12)7-14-11(15)5-10-8-16-4-3-13-10/h9-10,13H,3-8H2,1-2H3,(H,14,15). The van der Waals surface area contributed by atoms with Crippen LogP contribution in [0, 0.1) is 11.3 Å². The Labute approximate surface area is 102 Å². The second-order valence-corrected chi connectivity index (χ2v) is 6.77. The van der Waals surface area contributed by atoms with E-state index in [0.29, 0.717) is 23.8 Å². The molecule has 1 saturated carbocycles. The van der Waals surface area contributed by atoms with Gasteiger partial charge >= 0.3 is 0 Å². The van der Waals surface area contributed by atoms with E-state index in [2.05, 4.69) is 24.5 Å². The molecule has 0 aromatic heterocycles. The number of carbonyl (C=O) groups is 1. The summed E-state index contributed by atoms with van der Waals surface area (Å²) < 4.78 is 0. The monoisotopic (exact) mass is 242 g/mol. The van der Waals surface area contributed by atoms with Gasteiger partial charge in [0, 0.05) is 37.1 Å². The molecule has 2 unspecified atom stereocenters. The third-order valence-corrected chi connectivity index (χ3v) is 4.82. The molecular weight excluding hydrogens is 220 g/mol. The molecule has 2 N–H and O–H groups in total. The van der Waals surface area contributed by atoms with Crippen LogP contribution in [0.5, 0.6) is 0 Å². The van der Waals surface area contributed by atoms with Crippen molar-refractivity contribution in [3.8, 4) is 0 Å². The predicted octanol–water partition coefficient (Wildman–Crippen LogP) is 1.24. The highest BCUT2D eigenvalue weighted by Gasteiger charge is 2.45. The smallest absolute Gasteiger partial charge is 0.221 e. The van der Waals surface area contributed by atoms with E-state index in [4.69, 9.17) is 0 Å². The molecule has 2 atom stereocenters. The number of rotatable bonds is 4. The van der Waals surface area contributed by atoms with Crippen LogP contribution in [-0.2, 0) is 4.79 Å². The first-order valence-electron chi connectivity index (χ1n) is 6.16. The Morgan fingerprint density at radius 1 is 1.56 bits per heavy atom. The van der Waals surface area contributed by atoms with Gasteiger partial charge in [0.1, 0.15) is 0 Å². The molecule has 1 amide bonds. The van der Waals surface area contributed by atoms with Crippen molar-refractivity contribution in [3.05, 3.63) is 0 Å². The van der Waals surface area contributed by atoms with E-state index in [1.807, 2.05) is 11.8 Å². The average Bonchev–Trinajstić information content (AvgIpc) is 2.85. The summed E-state index contributed by atoms with van der Waals surface area (Å²) in [5.41, 5.74) is 0.465. The molecule has 1 heterocycles. The first kappa shape index (κ1) is 12.2. The van der Waals surface area contributed by atoms with Crippen molar-refractivity contribution in [1.82, 2.24) is 10.6 Å². The van der Waals surface area contributed by atoms with Gasteiger partial charge in [-0.05, 0) is 17.8 Å². The lowest BCUT2D eigenvalue weighted by Crippen LogP contribution is -2.41.